The molecule has 0 aliphatic heterocycles. The van der Waals surface area contributed by atoms with Gasteiger partial charge in [0.1, 0.15) is 5.82 Å². The number of nitrogens with zero attached hydrogens (tertiary/aromatic N) is 1. The first-order valence-electron chi connectivity index (χ1n) is 4.33. The maximum atomic E-state index is 5.40. The third-order valence-electron chi connectivity index (χ3n) is 1.89. The molecule has 0 aliphatic carbocycles. The molecule has 0 saturated heterocycles. The van der Waals surface area contributed by atoms with Crippen LogP contribution in [0.3, 0.4) is 0 Å². The third-order valence-corrected chi connectivity index (χ3v) is 1.89. The summed E-state index contributed by atoms with van der Waals surface area (Å²) in [4.78, 5) is 7.15. The molecule has 0 aromatic carbocycles. The van der Waals surface area contributed by atoms with Gasteiger partial charge in [0, 0.05) is 26.1 Å². The quantitative estimate of drug-likeness (QED) is 0.338. The molecule has 0 spiro atoms. The summed E-state index contributed by atoms with van der Waals surface area (Å²) in [7, 11) is 1.69. The van der Waals surface area contributed by atoms with Crippen LogP contribution in [0.25, 0.3) is 0 Å². The average Bonchev–Trinajstić information content (AvgIpc) is 2.65. The highest BCUT2D eigenvalue weighted by Crippen LogP contribution is 2.12. The normalized spacial score (nSPS) is 13.1. The van der Waals surface area contributed by atoms with E-state index in [2.05, 4.69) is 15.4 Å². The molecule has 0 radical (unpaired) electrons. The molecule has 1 aromatic heterocycles. The van der Waals surface area contributed by atoms with Gasteiger partial charge in [-0.25, -0.2) is 10.4 Å². The number of ether oxygens (including phenoxy) is 1. The van der Waals surface area contributed by atoms with Crippen LogP contribution in [-0.4, -0.2) is 23.7 Å². The molecule has 0 amide bonds. The zero-order valence-corrected chi connectivity index (χ0v) is 7.79. The molecule has 4 N–H and O–H groups in total. The summed E-state index contributed by atoms with van der Waals surface area (Å²) in [6.45, 7) is 0.749. The first kappa shape index (κ1) is 10.2. The Morgan fingerprint density at radius 3 is 3.15 bits per heavy atom. The Bertz CT molecular complexity index is 212. The fraction of sp³-hybridized carbons (Fsp3) is 0.625. The molecule has 1 unspecified atom stereocenters. The van der Waals surface area contributed by atoms with Crippen molar-refractivity contribution < 1.29 is 4.74 Å². The lowest BCUT2D eigenvalue weighted by Gasteiger charge is -2.12. The maximum Gasteiger partial charge on any atom is 0.124 e. The summed E-state index contributed by atoms with van der Waals surface area (Å²) >= 11 is 0. The second-order valence-corrected chi connectivity index (χ2v) is 2.83. The van der Waals surface area contributed by atoms with Crippen molar-refractivity contribution in [3.8, 4) is 0 Å². The number of imidazole rings is 1. The standard InChI is InChI=1S/C8H16N4O/c1-13-6-2-3-7(12-9)8-10-4-5-11-8/h4-5,7,12H,2-3,6,9H2,1H3,(H,10,11). The Morgan fingerprint density at radius 1 is 1.77 bits per heavy atom. The Morgan fingerprint density at radius 2 is 2.62 bits per heavy atom. The zero-order chi connectivity index (χ0) is 9.52. The van der Waals surface area contributed by atoms with Crippen molar-refractivity contribution in [2.75, 3.05) is 13.7 Å². The van der Waals surface area contributed by atoms with Crippen molar-refractivity contribution in [3.63, 3.8) is 0 Å². The van der Waals surface area contributed by atoms with Crippen molar-refractivity contribution in [2.45, 2.75) is 18.9 Å². The molecule has 1 atom stereocenters. The van der Waals surface area contributed by atoms with Gasteiger partial charge in [-0.3, -0.25) is 5.84 Å². The van der Waals surface area contributed by atoms with Gasteiger partial charge in [-0.2, -0.15) is 0 Å². The van der Waals surface area contributed by atoms with Gasteiger partial charge in [-0.15, -0.1) is 0 Å². The van der Waals surface area contributed by atoms with Crippen LogP contribution < -0.4 is 11.3 Å². The Labute approximate surface area is 77.7 Å². The number of nitrogens with one attached hydrogen (secondary N) is 2. The molecule has 74 valence electrons. The number of hydrogen-bond acceptors (Lipinski definition) is 4. The number of H-pyrrole nitrogens is 1. The van der Waals surface area contributed by atoms with E-state index in [1.54, 1.807) is 19.5 Å². The van der Waals surface area contributed by atoms with E-state index in [0.717, 1.165) is 25.3 Å². The van der Waals surface area contributed by atoms with Crippen molar-refractivity contribution in [1.82, 2.24) is 15.4 Å². The molecule has 0 fully saturated rings. The summed E-state index contributed by atoms with van der Waals surface area (Å²) in [5.41, 5.74) is 2.71. The van der Waals surface area contributed by atoms with Crippen LogP contribution in [0.4, 0.5) is 0 Å². The van der Waals surface area contributed by atoms with E-state index in [-0.39, 0.29) is 6.04 Å². The van der Waals surface area contributed by atoms with E-state index in [1.807, 2.05) is 0 Å². The van der Waals surface area contributed by atoms with Crippen LogP contribution in [0.5, 0.6) is 0 Å². The minimum atomic E-state index is 0.0881. The first-order valence-corrected chi connectivity index (χ1v) is 4.33. The fourth-order valence-electron chi connectivity index (χ4n) is 1.20. The Hall–Kier alpha value is -0.910. The lowest BCUT2D eigenvalue weighted by Crippen LogP contribution is -2.29. The summed E-state index contributed by atoms with van der Waals surface area (Å²) in [5.74, 6) is 6.27. The smallest absolute Gasteiger partial charge is 0.124 e. The number of nitrogens with two attached hydrogens (primary N) is 1. The second-order valence-electron chi connectivity index (χ2n) is 2.83. The van der Waals surface area contributed by atoms with Crippen LogP contribution >= 0.6 is 0 Å². The number of rotatable bonds is 6. The molecule has 1 aromatic rings. The van der Waals surface area contributed by atoms with Gasteiger partial charge < -0.3 is 9.72 Å². The van der Waals surface area contributed by atoms with Crippen molar-refractivity contribution in [1.29, 1.82) is 0 Å². The van der Waals surface area contributed by atoms with E-state index in [0.29, 0.717) is 0 Å². The predicted molar refractivity (Wildman–Crippen MR) is 49.8 cm³/mol. The minimum Gasteiger partial charge on any atom is -0.385 e. The van der Waals surface area contributed by atoms with Gasteiger partial charge in [0.05, 0.1) is 6.04 Å². The van der Waals surface area contributed by atoms with E-state index in [1.165, 1.54) is 0 Å². The van der Waals surface area contributed by atoms with Crippen LogP contribution in [0.2, 0.25) is 0 Å². The highest BCUT2D eigenvalue weighted by Gasteiger charge is 2.10. The Balaban J connectivity index is 2.35. The highest BCUT2D eigenvalue weighted by molar-refractivity contribution is 4.94. The number of aromatic nitrogens is 2. The molecule has 0 bridgehead atoms. The summed E-state index contributed by atoms with van der Waals surface area (Å²) < 4.78 is 4.95. The van der Waals surface area contributed by atoms with Crippen LogP contribution in [0.1, 0.15) is 24.7 Å². The van der Waals surface area contributed by atoms with Gasteiger partial charge >= 0.3 is 0 Å². The predicted octanol–water partition coefficient (Wildman–Crippen LogP) is 0.341. The van der Waals surface area contributed by atoms with E-state index in [4.69, 9.17) is 10.6 Å². The van der Waals surface area contributed by atoms with Gasteiger partial charge in [0.2, 0.25) is 0 Å². The molecule has 0 saturated carbocycles. The summed E-state index contributed by atoms with van der Waals surface area (Å²) in [5, 5.41) is 0. The Kier molecular flexibility index (Phi) is 4.45. The van der Waals surface area contributed by atoms with Crippen LogP contribution in [0.15, 0.2) is 12.4 Å². The highest BCUT2D eigenvalue weighted by atomic mass is 16.5. The average molecular weight is 184 g/mol. The lowest BCUT2D eigenvalue weighted by atomic mass is 10.1. The number of methoxy groups -OCH3 is 1. The molecular formula is C8H16N4O. The molecule has 1 heterocycles. The molecule has 1 rings (SSSR count). The lowest BCUT2D eigenvalue weighted by molar-refractivity contribution is 0.188. The van der Waals surface area contributed by atoms with Crippen molar-refractivity contribution in [2.24, 2.45) is 5.84 Å². The fourth-order valence-corrected chi connectivity index (χ4v) is 1.20. The van der Waals surface area contributed by atoms with Crippen LogP contribution in [-0.2, 0) is 4.74 Å². The first-order chi connectivity index (χ1) is 6.38. The van der Waals surface area contributed by atoms with Gasteiger partial charge in [0.25, 0.3) is 0 Å². The number of aromatic amines is 1. The van der Waals surface area contributed by atoms with E-state index in [9.17, 15) is 0 Å². The van der Waals surface area contributed by atoms with Gasteiger partial charge in [-0.1, -0.05) is 0 Å². The molecular weight excluding hydrogens is 168 g/mol. The molecule has 13 heavy (non-hydrogen) atoms. The summed E-state index contributed by atoms with van der Waals surface area (Å²) in [6, 6.07) is 0.0881. The van der Waals surface area contributed by atoms with Gasteiger partial charge in [0.15, 0.2) is 0 Å². The van der Waals surface area contributed by atoms with Crippen molar-refractivity contribution in [3.05, 3.63) is 18.2 Å². The third kappa shape index (κ3) is 3.14. The van der Waals surface area contributed by atoms with Crippen molar-refractivity contribution >= 4 is 0 Å². The maximum absolute atomic E-state index is 5.40. The molecule has 5 nitrogen and oxygen atoms in total. The van der Waals surface area contributed by atoms with Crippen LogP contribution in [0, 0.1) is 0 Å². The topological polar surface area (TPSA) is 76.0 Å². The summed E-state index contributed by atoms with van der Waals surface area (Å²) in [6.07, 6.45) is 5.38. The molecule has 5 heteroatoms. The second kappa shape index (κ2) is 5.69. The minimum absolute atomic E-state index is 0.0881. The number of hydrogen-bond donors (Lipinski definition) is 3. The monoisotopic (exact) mass is 184 g/mol. The van der Waals surface area contributed by atoms with E-state index < -0.39 is 0 Å². The molecule has 0 aliphatic rings. The van der Waals surface area contributed by atoms with E-state index >= 15 is 0 Å². The van der Waals surface area contributed by atoms with Gasteiger partial charge in [-0.05, 0) is 12.8 Å². The SMILES string of the molecule is COCCCC(NN)c1ncc[nH]1. The largest absolute Gasteiger partial charge is 0.385 e. The zero-order valence-electron chi connectivity index (χ0n) is 7.79. The number of hydrazine groups is 1.